The number of hydrogen-bond donors (Lipinski definition) is 0. The summed E-state index contributed by atoms with van der Waals surface area (Å²) in [5.74, 6) is 0.299. The van der Waals surface area contributed by atoms with Crippen LogP contribution in [0.5, 0.6) is 0 Å². The molecule has 2 atom stereocenters. The molecule has 2 aliphatic rings. The van der Waals surface area contributed by atoms with Crippen molar-refractivity contribution in [1.29, 1.82) is 0 Å². The summed E-state index contributed by atoms with van der Waals surface area (Å²) in [6, 6.07) is 0. The first-order chi connectivity index (χ1) is 3.72. The average molecular weight is 112 g/mol. The highest BCUT2D eigenvalue weighted by molar-refractivity contribution is 5.89. The molecule has 2 rings (SSSR count). The minimum atomic E-state index is -0.0168. The Balaban J connectivity index is 2.26. The molecule has 0 aromatic heterocycles. The summed E-state index contributed by atoms with van der Waals surface area (Å²) in [6.45, 7) is 2.00. The Kier molecular flexibility index (Phi) is 0.553. The van der Waals surface area contributed by atoms with Gasteiger partial charge < -0.3 is 4.74 Å². The Hall–Kier alpha value is -0.370. The molecule has 1 aliphatic carbocycles. The Morgan fingerprint density at radius 3 is 2.75 bits per heavy atom. The Bertz CT molecular complexity index is 153. The van der Waals surface area contributed by atoms with Gasteiger partial charge in [-0.25, -0.2) is 0 Å². The van der Waals surface area contributed by atoms with Gasteiger partial charge in [0.15, 0.2) is 5.78 Å². The lowest BCUT2D eigenvalue weighted by Gasteiger charge is -1.92. The number of epoxide rings is 1. The van der Waals surface area contributed by atoms with Gasteiger partial charge in [0.25, 0.3) is 0 Å². The highest BCUT2D eigenvalue weighted by Crippen LogP contribution is 2.46. The highest BCUT2D eigenvalue weighted by atomic mass is 16.6. The highest BCUT2D eigenvalue weighted by Gasteiger charge is 2.60. The van der Waals surface area contributed by atoms with E-state index >= 15 is 0 Å². The summed E-state index contributed by atoms with van der Waals surface area (Å²) in [7, 11) is 0. The van der Waals surface area contributed by atoms with Gasteiger partial charge in [-0.15, -0.1) is 0 Å². The molecule has 0 amide bonds. The smallest absolute Gasteiger partial charge is 0.164 e. The lowest BCUT2D eigenvalue weighted by molar-refractivity contribution is -0.119. The second kappa shape index (κ2) is 0.982. The normalized spacial score (nSPS) is 51.6. The van der Waals surface area contributed by atoms with Crippen molar-refractivity contribution in [1.82, 2.24) is 0 Å². The van der Waals surface area contributed by atoms with Gasteiger partial charge in [-0.3, -0.25) is 4.79 Å². The van der Waals surface area contributed by atoms with E-state index in [2.05, 4.69) is 0 Å². The molecule has 0 radical (unpaired) electrons. The zero-order chi connectivity index (χ0) is 5.78. The maximum Gasteiger partial charge on any atom is 0.164 e. The molecule has 1 aliphatic heterocycles. The number of hydrogen-bond acceptors (Lipinski definition) is 2. The molecule has 2 fully saturated rings. The Labute approximate surface area is 47.8 Å². The summed E-state index contributed by atoms with van der Waals surface area (Å²) in [4.78, 5) is 10.7. The standard InChI is InChI=1S/C6H8O2/c1-6-3-2-4(7)5(6)8-6/h5H,2-3H2,1H3/t5-,6+/m0/s1. The van der Waals surface area contributed by atoms with Crippen LogP contribution in [0.2, 0.25) is 0 Å². The average Bonchev–Trinajstić information content (AvgIpc) is 2.32. The second-order valence-electron chi connectivity index (χ2n) is 2.78. The van der Waals surface area contributed by atoms with Gasteiger partial charge in [0, 0.05) is 6.42 Å². The lowest BCUT2D eigenvalue weighted by Crippen LogP contribution is -2.02. The molecule has 0 bridgehead atoms. The first kappa shape index (κ1) is 4.50. The maximum atomic E-state index is 10.7. The predicted molar refractivity (Wildman–Crippen MR) is 27.5 cm³/mol. The van der Waals surface area contributed by atoms with Crippen LogP contribution in [0.4, 0.5) is 0 Å². The first-order valence-corrected chi connectivity index (χ1v) is 2.93. The number of ether oxygens (including phenoxy) is 1. The minimum absolute atomic E-state index is 0.0116. The number of fused-ring (bicyclic) bond motifs is 1. The lowest BCUT2D eigenvalue weighted by atomic mass is 10.1. The van der Waals surface area contributed by atoms with Crippen LogP contribution in [0, 0.1) is 0 Å². The van der Waals surface area contributed by atoms with Crippen molar-refractivity contribution in [2.24, 2.45) is 0 Å². The van der Waals surface area contributed by atoms with Crippen molar-refractivity contribution in [2.75, 3.05) is 0 Å². The van der Waals surface area contributed by atoms with Crippen LogP contribution >= 0.6 is 0 Å². The fourth-order valence-corrected chi connectivity index (χ4v) is 1.33. The van der Waals surface area contributed by atoms with Crippen LogP contribution in [0.1, 0.15) is 19.8 Å². The Morgan fingerprint density at radius 1 is 1.88 bits per heavy atom. The van der Waals surface area contributed by atoms with E-state index in [4.69, 9.17) is 4.74 Å². The number of carbonyl (C=O) groups is 1. The van der Waals surface area contributed by atoms with Gasteiger partial charge in [-0.2, -0.15) is 0 Å². The van der Waals surface area contributed by atoms with Crippen LogP contribution in [0.15, 0.2) is 0 Å². The molecular formula is C6H8O2. The van der Waals surface area contributed by atoms with Gasteiger partial charge in [0.2, 0.25) is 0 Å². The molecule has 1 heterocycles. The number of carbonyl (C=O) groups excluding carboxylic acids is 1. The van der Waals surface area contributed by atoms with E-state index in [9.17, 15) is 4.79 Å². The van der Waals surface area contributed by atoms with Crippen LogP contribution in [-0.4, -0.2) is 17.5 Å². The number of rotatable bonds is 0. The van der Waals surface area contributed by atoms with Crippen LogP contribution < -0.4 is 0 Å². The summed E-state index contributed by atoms with van der Waals surface area (Å²) in [5.41, 5.74) is -0.0168. The maximum absolute atomic E-state index is 10.7. The summed E-state index contributed by atoms with van der Waals surface area (Å²) in [5, 5.41) is 0. The summed E-state index contributed by atoms with van der Waals surface area (Å²) >= 11 is 0. The van der Waals surface area contributed by atoms with Gasteiger partial charge in [-0.1, -0.05) is 0 Å². The molecule has 8 heavy (non-hydrogen) atoms. The second-order valence-corrected chi connectivity index (χ2v) is 2.78. The topological polar surface area (TPSA) is 29.6 Å². The first-order valence-electron chi connectivity index (χ1n) is 2.93. The quantitative estimate of drug-likeness (QED) is 0.427. The molecule has 2 heteroatoms. The van der Waals surface area contributed by atoms with Crippen LogP contribution in [0.3, 0.4) is 0 Å². The van der Waals surface area contributed by atoms with E-state index in [1.165, 1.54) is 0 Å². The van der Waals surface area contributed by atoms with Crippen molar-refractivity contribution < 1.29 is 9.53 Å². The molecular weight excluding hydrogens is 104 g/mol. The molecule has 0 spiro atoms. The van der Waals surface area contributed by atoms with Crippen molar-refractivity contribution in [3.8, 4) is 0 Å². The van der Waals surface area contributed by atoms with E-state index in [0.29, 0.717) is 5.78 Å². The SMILES string of the molecule is C[C@@]12CCC(=O)[C@@H]1O2. The number of Topliss-reactive ketones (excluding diaryl/α,β-unsaturated/α-hetero) is 1. The van der Waals surface area contributed by atoms with Crippen LogP contribution in [-0.2, 0) is 9.53 Å². The molecule has 0 aromatic rings. The fraction of sp³-hybridized carbons (Fsp3) is 0.833. The van der Waals surface area contributed by atoms with E-state index in [1.54, 1.807) is 0 Å². The van der Waals surface area contributed by atoms with Gasteiger partial charge in [-0.05, 0) is 13.3 Å². The molecule has 0 unspecified atom stereocenters. The molecule has 1 saturated carbocycles. The van der Waals surface area contributed by atoms with Gasteiger partial charge in [0.1, 0.15) is 11.7 Å². The third-order valence-corrected chi connectivity index (χ3v) is 2.04. The van der Waals surface area contributed by atoms with Crippen molar-refractivity contribution in [3.05, 3.63) is 0 Å². The van der Waals surface area contributed by atoms with Gasteiger partial charge >= 0.3 is 0 Å². The fourth-order valence-electron chi connectivity index (χ4n) is 1.33. The third-order valence-electron chi connectivity index (χ3n) is 2.04. The van der Waals surface area contributed by atoms with Crippen molar-refractivity contribution >= 4 is 5.78 Å². The zero-order valence-corrected chi connectivity index (χ0v) is 4.81. The molecule has 2 nitrogen and oxygen atoms in total. The van der Waals surface area contributed by atoms with Crippen molar-refractivity contribution in [3.63, 3.8) is 0 Å². The summed E-state index contributed by atoms with van der Waals surface area (Å²) in [6.07, 6.45) is 1.67. The predicted octanol–water partition coefficient (Wildman–Crippen LogP) is 0.507. The van der Waals surface area contributed by atoms with Crippen molar-refractivity contribution in [2.45, 2.75) is 31.5 Å². The van der Waals surface area contributed by atoms with Crippen LogP contribution in [0.25, 0.3) is 0 Å². The van der Waals surface area contributed by atoms with E-state index in [-0.39, 0.29) is 11.7 Å². The zero-order valence-electron chi connectivity index (χ0n) is 4.81. The van der Waals surface area contributed by atoms with E-state index < -0.39 is 0 Å². The van der Waals surface area contributed by atoms with Gasteiger partial charge in [0.05, 0.1) is 0 Å². The van der Waals surface area contributed by atoms with E-state index in [0.717, 1.165) is 12.8 Å². The monoisotopic (exact) mass is 112 g/mol. The largest absolute Gasteiger partial charge is 0.358 e. The third kappa shape index (κ3) is 0.348. The van der Waals surface area contributed by atoms with E-state index in [1.807, 2.05) is 6.92 Å². The molecule has 0 N–H and O–H groups in total. The Morgan fingerprint density at radius 2 is 2.62 bits per heavy atom. The minimum Gasteiger partial charge on any atom is -0.358 e. The summed E-state index contributed by atoms with van der Waals surface area (Å²) < 4.78 is 5.10. The number of ketones is 1. The molecule has 1 saturated heterocycles. The molecule has 44 valence electrons. The molecule has 0 aromatic carbocycles.